The summed E-state index contributed by atoms with van der Waals surface area (Å²) in [5, 5.41) is 1.74. The zero-order chi connectivity index (χ0) is 22.7. The first-order valence-electron chi connectivity index (χ1n) is 11.2. The molecule has 1 amide bonds. The largest absolute Gasteiger partial charge is 0.497 e. The number of hydrogen-bond acceptors (Lipinski definition) is 4. The van der Waals surface area contributed by atoms with Crippen molar-refractivity contribution >= 4 is 50.1 Å². The van der Waals surface area contributed by atoms with Crippen molar-refractivity contribution in [2.24, 2.45) is 0 Å². The molecule has 0 saturated carbocycles. The van der Waals surface area contributed by atoms with Crippen molar-refractivity contribution in [1.82, 2.24) is 14.8 Å². The Morgan fingerprint density at radius 2 is 2.06 bits per heavy atom. The van der Waals surface area contributed by atoms with Gasteiger partial charge in [-0.25, -0.2) is 0 Å². The standard InChI is InChI=1S/C25H24BrN3O3S/c1-31-16-7-4-14(5-8-16)23-22-19(18-11-15(26)6-9-20(18)27-22)12-21-24(30)28(25(33)29(21)23)13-17-3-2-10-32-17/h4-9,11,17,21,23,27H,2-3,10,12-13H2,1H3. The Bertz CT molecular complexity index is 1250. The summed E-state index contributed by atoms with van der Waals surface area (Å²) in [6.07, 6.45) is 2.69. The SMILES string of the molecule is COc1ccc(C2c3[nH]c4ccc(Br)cc4c3CC3C(=O)N(CC4CCCO4)C(=S)N32)cc1. The highest BCUT2D eigenvalue weighted by atomic mass is 79.9. The molecular formula is C25H24BrN3O3S. The highest BCUT2D eigenvalue weighted by Gasteiger charge is 2.50. The van der Waals surface area contributed by atoms with Crippen LogP contribution in [0, 0.1) is 0 Å². The van der Waals surface area contributed by atoms with Gasteiger partial charge in [0.15, 0.2) is 5.11 Å². The van der Waals surface area contributed by atoms with Crippen LogP contribution in [0.5, 0.6) is 5.75 Å². The molecule has 0 aliphatic carbocycles. The van der Waals surface area contributed by atoms with E-state index in [1.807, 2.05) is 18.2 Å². The predicted octanol–water partition coefficient (Wildman–Crippen LogP) is 4.56. The Kier molecular flexibility index (Phi) is 5.19. The van der Waals surface area contributed by atoms with Crippen LogP contribution in [0.3, 0.4) is 0 Å². The molecule has 0 spiro atoms. The third-order valence-corrected chi connectivity index (χ3v) is 7.96. The van der Waals surface area contributed by atoms with E-state index in [1.165, 1.54) is 5.56 Å². The van der Waals surface area contributed by atoms with Gasteiger partial charge in [0.2, 0.25) is 0 Å². The van der Waals surface area contributed by atoms with E-state index in [4.69, 9.17) is 21.7 Å². The number of ether oxygens (including phenoxy) is 2. The van der Waals surface area contributed by atoms with Gasteiger partial charge >= 0.3 is 0 Å². The van der Waals surface area contributed by atoms with Crippen molar-refractivity contribution in [2.45, 2.75) is 37.5 Å². The molecule has 3 aliphatic heterocycles. The highest BCUT2D eigenvalue weighted by Crippen LogP contribution is 2.44. The Morgan fingerprint density at radius 3 is 2.79 bits per heavy atom. The number of amides is 1. The van der Waals surface area contributed by atoms with Crippen LogP contribution in [-0.2, 0) is 16.0 Å². The van der Waals surface area contributed by atoms with E-state index in [2.05, 4.69) is 50.1 Å². The van der Waals surface area contributed by atoms with Gasteiger partial charge in [0.1, 0.15) is 11.8 Å². The molecule has 3 atom stereocenters. The summed E-state index contributed by atoms with van der Waals surface area (Å²) in [6, 6.07) is 13.8. The first-order valence-corrected chi connectivity index (χ1v) is 12.4. The third kappa shape index (κ3) is 3.38. The molecule has 2 aromatic carbocycles. The molecule has 6 nitrogen and oxygen atoms in total. The van der Waals surface area contributed by atoms with E-state index < -0.39 is 0 Å². The van der Waals surface area contributed by atoms with Crippen LogP contribution in [0.1, 0.15) is 35.7 Å². The smallest absolute Gasteiger partial charge is 0.251 e. The molecule has 170 valence electrons. The van der Waals surface area contributed by atoms with Crippen LogP contribution in [0.4, 0.5) is 0 Å². The minimum atomic E-state index is -0.323. The number of hydrogen-bond donors (Lipinski definition) is 1. The number of aromatic amines is 1. The molecule has 4 heterocycles. The van der Waals surface area contributed by atoms with Crippen LogP contribution in [0.2, 0.25) is 0 Å². The van der Waals surface area contributed by atoms with Gasteiger partial charge in [-0.2, -0.15) is 0 Å². The van der Waals surface area contributed by atoms with Crippen molar-refractivity contribution in [2.75, 3.05) is 20.3 Å². The van der Waals surface area contributed by atoms with E-state index in [1.54, 1.807) is 12.0 Å². The zero-order valence-electron chi connectivity index (χ0n) is 18.2. The normalized spacial score (nSPS) is 24.5. The fourth-order valence-electron chi connectivity index (χ4n) is 5.44. The van der Waals surface area contributed by atoms with E-state index in [9.17, 15) is 4.79 Å². The molecule has 2 fully saturated rings. The van der Waals surface area contributed by atoms with Gasteiger partial charge < -0.3 is 19.4 Å². The quantitative estimate of drug-likeness (QED) is 0.506. The number of rotatable bonds is 4. The van der Waals surface area contributed by atoms with Crippen molar-refractivity contribution in [3.8, 4) is 5.75 Å². The summed E-state index contributed by atoms with van der Waals surface area (Å²) in [7, 11) is 1.66. The number of aromatic nitrogens is 1. The zero-order valence-corrected chi connectivity index (χ0v) is 20.6. The number of fused-ring (bicyclic) bond motifs is 4. The molecule has 1 N–H and O–H groups in total. The lowest BCUT2D eigenvalue weighted by Crippen LogP contribution is -2.44. The molecule has 6 rings (SSSR count). The molecule has 0 bridgehead atoms. The van der Waals surface area contributed by atoms with Gasteiger partial charge in [-0.05, 0) is 66.5 Å². The summed E-state index contributed by atoms with van der Waals surface area (Å²) in [5.41, 5.74) is 4.42. The maximum atomic E-state index is 13.7. The fourth-order valence-corrected chi connectivity index (χ4v) is 6.20. The lowest BCUT2D eigenvalue weighted by Gasteiger charge is -2.37. The van der Waals surface area contributed by atoms with Crippen molar-refractivity contribution in [3.05, 3.63) is 63.8 Å². The first-order chi connectivity index (χ1) is 16.0. The van der Waals surface area contributed by atoms with E-state index >= 15 is 0 Å². The van der Waals surface area contributed by atoms with Crippen molar-refractivity contribution in [3.63, 3.8) is 0 Å². The van der Waals surface area contributed by atoms with E-state index in [0.717, 1.165) is 51.8 Å². The number of benzene rings is 2. The number of nitrogens with one attached hydrogen (secondary N) is 1. The van der Waals surface area contributed by atoms with Crippen LogP contribution in [0.15, 0.2) is 46.9 Å². The van der Waals surface area contributed by atoms with Crippen molar-refractivity contribution < 1.29 is 14.3 Å². The van der Waals surface area contributed by atoms with Gasteiger partial charge in [0.25, 0.3) is 5.91 Å². The Labute approximate surface area is 206 Å². The van der Waals surface area contributed by atoms with Gasteiger partial charge in [-0.3, -0.25) is 9.69 Å². The van der Waals surface area contributed by atoms with Crippen LogP contribution in [0.25, 0.3) is 10.9 Å². The minimum absolute atomic E-state index is 0.0577. The second kappa shape index (κ2) is 8.11. The van der Waals surface area contributed by atoms with E-state index in [-0.39, 0.29) is 24.1 Å². The maximum Gasteiger partial charge on any atom is 0.251 e. The Hall–Kier alpha value is -2.42. The topological polar surface area (TPSA) is 57.8 Å². The Balaban J connectivity index is 1.47. The number of carbonyl (C=O) groups excluding carboxylic acids is 1. The molecular weight excluding hydrogens is 502 g/mol. The van der Waals surface area contributed by atoms with Gasteiger partial charge in [0.05, 0.1) is 25.8 Å². The van der Waals surface area contributed by atoms with Gasteiger partial charge in [0, 0.05) is 34.1 Å². The number of methoxy groups -OCH3 is 1. The van der Waals surface area contributed by atoms with Crippen LogP contribution in [-0.4, -0.2) is 58.2 Å². The number of H-pyrrole nitrogens is 1. The van der Waals surface area contributed by atoms with Gasteiger partial charge in [-0.15, -0.1) is 0 Å². The lowest BCUT2D eigenvalue weighted by molar-refractivity contribution is -0.129. The average molecular weight is 526 g/mol. The summed E-state index contributed by atoms with van der Waals surface area (Å²) >= 11 is 9.54. The summed E-state index contributed by atoms with van der Waals surface area (Å²) in [4.78, 5) is 21.2. The molecule has 3 aromatic rings. The fraction of sp³-hybridized carbons (Fsp3) is 0.360. The summed E-state index contributed by atoms with van der Waals surface area (Å²) in [5.74, 6) is 0.871. The number of carbonyl (C=O) groups is 1. The molecule has 2 saturated heterocycles. The first kappa shape index (κ1) is 21.1. The number of halogens is 1. The minimum Gasteiger partial charge on any atom is -0.497 e. The summed E-state index contributed by atoms with van der Waals surface area (Å²) < 4.78 is 12.2. The average Bonchev–Trinajstić information content (AvgIpc) is 3.53. The third-order valence-electron chi connectivity index (χ3n) is 7.03. The van der Waals surface area contributed by atoms with Crippen molar-refractivity contribution in [1.29, 1.82) is 0 Å². The monoisotopic (exact) mass is 525 g/mol. The second-order valence-corrected chi connectivity index (χ2v) is 10.2. The predicted molar refractivity (Wildman–Crippen MR) is 133 cm³/mol. The summed E-state index contributed by atoms with van der Waals surface area (Å²) in [6.45, 7) is 1.28. The highest BCUT2D eigenvalue weighted by molar-refractivity contribution is 9.10. The van der Waals surface area contributed by atoms with Crippen LogP contribution >= 0.6 is 28.1 Å². The second-order valence-electron chi connectivity index (χ2n) is 8.88. The molecule has 1 aromatic heterocycles. The van der Waals surface area contributed by atoms with Crippen LogP contribution < -0.4 is 4.74 Å². The Morgan fingerprint density at radius 1 is 1.24 bits per heavy atom. The van der Waals surface area contributed by atoms with E-state index in [0.29, 0.717) is 18.1 Å². The molecule has 0 radical (unpaired) electrons. The maximum absolute atomic E-state index is 13.7. The molecule has 8 heteroatoms. The molecule has 33 heavy (non-hydrogen) atoms. The molecule has 3 aliphatic rings. The van der Waals surface area contributed by atoms with Gasteiger partial charge in [-0.1, -0.05) is 28.1 Å². The molecule has 3 unspecified atom stereocenters. The number of nitrogens with zero attached hydrogens (tertiary/aromatic N) is 2. The number of thiocarbonyl (C=S) groups is 1. The lowest BCUT2D eigenvalue weighted by atomic mass is 9.89.